The van der Waals surface area contributed by atoms with Crippen LogP contribution in [-0.2, 0) is 28.2 Å². The van der Waals surface area contributed by atoms with Crippen LogP contribution in [0.1, 0.15) is 27.7 Å². The van der Waals surface area contributed by atoms with E-state index in [2.05, 4.69) is 10.4 Å². The Bertz CT molecular complexity index is 963. The number of nitrogens with two attached hydrogens (primary N) is 1. The van der Waals surface area contributed by atoms with E-state index in [1.54, 1.807) is 32.0 Å². The lowest BCUT2D eigenvalue weighted by molar-refractivity contribution is -0.194. The number of benzene rings is 1. The van der Waals surface area contributed by atoms with Crippen molar-refractivity contribution in [3.05, 3.63) is 42.6 Å². The van der Waals surface area contributed by atoms with E-state index in [1.165, 1.54) is 19.1 Å². The van der Waals surface area contributed by atoms with Gasteiger partial charge in [-0.15, -0.1) is 0 Å². The molecule has 1 saturated heterocycles. The third-order valence-corrected chi connectivity index (χ3v) is 6.38. The number of aliphatic hydroxyl groups excluding tert-OH is 1. The molecule has 1 aliphatic rings. The van der Waals surface area contributed by atoms with Gasteiger partial charge in [0.05, 0.1) is 6.10 Å². The minimum atomic E-state index is -4.47. The Balaban J connectivity index is 2.21. The van der Waals surface area contributed by atoms with Crippen LogP contribution in [0, 0.1) is 0 Å². The minimum Gasteiger partial charge on any atom is -0.462 e. The highest BCUT2D eigenvalue weighted by Crippen LogP contribution is 2.48. The molecule has 1 heterocycles. The van der Waals surface area contributed by atoms with Gasteiger partial charge in [-0.2, -0.15) is 5.09 Å². The minimum absolute atomic E-state index is 0.0803. The molecule has 6 N–H and O–H groups in total. The summed E-state index contributed by atoms with van der Waals surface area (Å²) in [4.78, 5) is 23.0. The number of primary amides is 1. The Morgan fingerprint density at radius 2 is 1.94 bits per heavy atom. The molecule has 12 nitrogen and oxygen atoms in total. The Morgan fingerprint density at radius 3 is 2.51 bits per heavy atom. The van der Waals surface area contributed by atoms with Crippen molar-refractivity contribution < 1.29 is 47.3 Å². The van der Waals surface area contributed by atoms with E-state index >= 15 is 4.39 Å². The highest BCUT2D eigenvalue weighted by atomic mass is 31.2. The molecule has 0 aromatic heterocycles. The third kappa shape index (κ3) is 7.72. The summed E-state index contributed by atoms with van der Waals surface area (Å²) >= 11 is 0. The van der Waals surface area contributed by atoms with Gasteiger partial charge in [0.15, 0.2) is 6.23 Å². The summed E-state index contributed by atoms with van der Waals surface area (Å²) in [6.45, 7) is 4.50. The zero-order valence-corrected chi connectivity index (χ0v) is 20.6. The molecule has 1 amide bonds. The lowest BCUT2D eigenvalue weighted by Crippen LogP contribution is -2.52. The van der Waals surface area contributed by atoms with Crippen LogP contribution in [0.15, 0.2) is 42.6 Å². The van der Waals surface area contributed by atoms with Crippen LogP contribution >= 0.6 is 7.75 Å². The fraction of sp³-hybridized carbons (Fsp3) is 0.524. The smallest absolute Gasteiger partial charge is 0.459 e. The van der Waals surface area contributed by atoms with E-state index in [-0.39, 0.29) is 5.75 Å². The van der Waals surface area contributed by atoms with Crippen molar-refractivity contribution in [3.8, 4) is 5.75 Å². The van der Waals surface area contributed by atoms with Crippen LogP contribution in [-0.4, -0.2) is 64.6 Å². The maximum Gasteiger partial charge on any atom is 0.459 e. The molecule has 1 aromatic rings. The number of aliphatic hydroxyl groups is 2. The summed E-state index contributed by atoms with van der Waals surface area (Å²) in [5.41, 5.74) is 2.77. The number of para-hydroxylation sites is 1. The molecule has 6 atom stereocenters. The largest absolute Gasteiger partial charge is 0.462 e. The van der Waals surface area contributed by atoms with Crippen LogP contribution in [0.2, 0.25) is 0 Å². The van der Waals surface area contributed by atoms with Crippen molar-refractivity contribution in [2.45, 2.75) is 63.6 Å². The van der Waals surface area contributed by atoms with Gasteiger partial charge in [0, 0.05) is 12.3 Å². The Kier molecular flexibility index (Phi) is 9.40. The van der Waals surface area contributed by atoms with Gasteiger partial charge in [-0.1, -0.05) is 18.2 Å². The van der Waals surface area contributed by atoms with E-state index in [4.69, 9.17) is 24.3 Å². The number of hydrogen-bond donors (Lipinski definition) is 5. The van der Waals surface area contributed by atoms with Gasteiger partial charge in [0.2, 0.25) is 5.91 Å². The van der Waals surface area contributed by atoms with Crippen LogP contribution in [0.3, 0.4) is 0 Å². The molecular weight excluding hydrogens is 488 g/mol. The summed E-state index contributed by atoms with van der Waals surface area (Å²) in [7, 11) is -4.47. The van der Waals surface area contributed by atoms with Crippen LogP contribution in [0.5, 0.6) is 5.75 Å². The topological polar surface area (TPSA) is 179 Å². The third-order valence-electron chi connectivity index (χ3n) is 4.76. The molecule has 2 rings (SSSR count). The van der Waals surface area contributed by atoms with Crippen molar-refractivity contribution in [2.24, 2.45) is 5.73 Å². The van der Waals surface area contributed by atoms with Crippen LogP contribution in [0.25, 0.3) is 0 Å². The van der Waals surface area contributed by atoms with Gasteiger partial charge in [-0.3, -0.25) is 14.1 Å². The number of hydrogen-bond acceptors (Lipinski definition) is 10. The fourth-order valence-electron chi connectivity index (χ4n) is 3.00. The number of rotatable bonds is 12. The van der Waals surface area contributed by atoms with E-state index in [0.29, 0.717) is 0 Å². The number of esters is 1. The van der Waals surface area contributed by atoms with E-state index < -0.39 is 62.2 Å². The zero-order chi connectivity index (χ0) is 26.4. The van der Waals surface area contributed by atoms with Crippen molar-refractivity contribution in [1.82, 2.24) is 10.4 Å². The number of halogens is 1. The fourth-order valence-corrected chi connectivity index (χ4v) is 4.51. The first-order valence-corrected chi connectivity index (χ1v) is 12.2. The normalized spacial score (nSPS) is 29.0. The van der Waals surface area contributed by atoms with E-state index in [9.17, 15) is 24.4 Å². The summed E-state index contributed by atoms with van der Waals surface area (Å²) in [5, 5.41) is 25.7. The summed E-state index contributed by atoms with van der Waals surface area (Å²) in [5.74, 6) is -4.57. The average Bonchev–Trinajstić information content (AvgIpc) is 2.92. The zero-order valence-electron chi connectivity index (χ0n) is 19.7. The quantitative estimate of drug-likeness (QED) is 0.150. The first kappa shape index (κ1) is 28.7. The first-order valence-electron chi connectivity index (χ1n) is 10.7. The molecule has 1 fully saturated rings. The van der Waals surface area contributed by atoms with Gasteiger partial charge in [0.25, 0.3) is 5.85 Å². The summed E-state index contributed by atoms with van der Waals surface area (Å²) < 4.78 is 49.8. The van der Waals surface area contributed by atoms with Crippen molar-refractivity contribution >= 4 is 19.6 Å². The maximum atomic E-state index is 15.6. The molecule has 0 spiro atoms. The van der Waals surface area contributed by atoms with Gasteiger partial charge >= 0.3 is 13.7 Å². The number of alkyl halides is 1. The Morgan fingerprint density at radius 1 is 1.31 bits per heavy atom. The summed E-state index contributed by atoms with van der Waals surface area (Å²) in [6.07, 6.45) is -2.27. The predicted octanol–water partition coefficient (Wildman–Crippen LogP) is 0.842. The van der Waals surface area contributed by atoms with Crippen molar-refractivity contribution in [3.63, 3.8) is 0 Å². The lowest BCUT2D eigenvalue weighted by atomic mass is 9.95. The maximum absolute atomic E-state index is 15.6. The number of carbonyl (C=O) groups excluding carboxylic acids is 2. The molecule has 35 heavy (non-hydrogen) atoms. The average molecular weight is 519 g/mol. The molecule has 196 valence electrons. The molecule has 1 aliphatic heterocycles. The molecule has 0 saturated carbocycles. The predicted molar refractivity (Wildman–Crippen MR) is 121 cm³/mol. The molecule has 1 unspecified atom stereocenters. The summed E-state index contributed by atoms with van der Waals surface area (Å²) in [6, 6.07) is 6.57. The van der Waals surface area contributed by atoms with Gasteiger partial charge in [-0.25, -0.2) is 8.96 Å². The number of amides is 1. The highest BCUT2D eigenvalue weighted by Gasteiger charge is 2.63. The van der Waals surface area contributed by atoms with Gasteiger partial charge in [0.1, 0.15) is 30.1 Å². The lowest BCUT2D eigenvalue weighted by Gasteiger charge is -2.29. The second kappa shape index (κ2) is 11.5. The molecule has 0 aliphatic carbocycles. The van der Waals surface area contributed by atoms with E-state index in [1.807, 2.05) is 0 Å². The number of carbonyl (C=O) groups is 2. The number of ether oxygens (including phenoxy) is 2. The Labute approximate surface area is 202 Å². The monoisotopic (exact) mass is 519 g/mol. The molecular formula is C21H31FN3O9P. The van der Waals surface area contributed by atoms with Crippen molar-refractivity contribution in [2.75, 3.05) is 6.61 Å². The van der Waals surface area contributed by atoms with Crippen LogP contribution < -0.4 is 20.7 Å². The molecule has 0 radical (unpaired) electrons. The van der Waals surface area contributed by atoms with Crippen LogP contribution in [0.4, 0.5) is 4.39 Å². The number of nitrogens with one attached hydrogen (secondary N) is 2. The van der Waals surface area contributed by atoms with Crippen molar-refractivity contribution in [1.29, 1.82) is 0 Å². The second-order valence-electron chi connectivity index (χ2n) is 8.33. The second-order valence-corrected chi connectivity index (χ2v) is 10.0. The SMILES string of the molecule is CC(C)OC(=O)[C@@H](C)NP(=O)(OC[C@@]1(F)O[C@@H](N/C=C\C(N)=O)[C@](C)(O)[C@@H]1O)Oc1ccccc1. The van der Waals surface area contributed by atoms with Gasteiger partial charge in [-0.05, 0) is 39.8 Å². The van der Waals surface area contributed by atoms with E-state index in [0.717, 1.165) is 19.2 Å². The standard InChI is InChI=1S/C21H31FN3O9P/c1-13(2)32-17(27)14(3)25-35(30,34-15-8-6-5-7-9-15)31-12-21(22)18(28)20(4,29)19(33-21)24-11-10-16(23)26/h5-11,13-14,18-19,24,28-29H,12H2,1-4H3,(H2,23,26)(H,25,30)/b11-10-/t14-,18+,19-,20-,21-,35?/m1/s1. The molecule has 0 bridgehead atoms. The molecule has 1 aromatic carbocycles. The Hall–Kier alpha value is -2.54. The first-order chi connectivity index (χ1) is 16.2. The van der Waals surface area contributed by atoms with Gasteiger partial charge < -0.3 is 35.3 Å². The molecule has 14 heteroatoms. The highest BCUT2D eigenvalue weighted by molar-refractivity contribution is 7.52.